The summed E-state index contributed by atoms with van der Waals surface area (Å²) in [6.45, 7) is 1.66. The number of furan rings is 1. The molecule has 1 unspecified atom stereocenters. The Kier molecular flexibility index (Phi) is 3.75. The standard InChI is InChI=1S/C15H17N5O3/c1-15(22,10-7-17-20(2)8-10)9-16-14(21)12-6-11(18-19-12)13-4-3-5-23-13/h3-8,22H,9H2,1-2H3,(H,16,21)(H,18,19). The maximum Gasteiger partial charge on any atom is 0.271 e. The predicted octanol–water partition coefficient (Wildman–Crippen LogP) is 1.04. The van der Waals surface area contributed by atoms with Gasteiger partial charge in [0.05, 0.1) is 19.0 Å². The van der Waals surface area contributed by atoms with E-state index in [0.717, 1.165) is 0 Å². The number of rotatable bonds is 5. The molecular formula is C15H17N5O3. The first-order chi connectivity index (χ1) is 11.0. The number of nitrogens with zero attached hydrogens (tertiary/aromatic N) is 3. The molecule has 8 nitrogen and oxygen atoms in total. The van der Waals surface area contributed by atoms with Crippen LogP contribution in [0.5, 0.6) is 0 Å². The molecule has 3 rings (SSSR count). The molecule has 0 bridgehead atoms. The van der Waals surface area contributed by atoms with Crippen molar-refractivity contribution in [2.24, 2.45) is 7.05 Å². The van der Waals surface area contributed by atoms with Gasteiger partial charge < -0.3 is 14.8 Å². The third-order valence-electron chi connectivity index (χ3n) is 3.52. The summed E-state index contributed by atoms with van der Waals surface area (Å²) in [4.78, 5) is 12.2. The summed E-state index contributed by atoms with van der Waals surface area (Å²) in [5, 5.41) is 23.8. The second-order valence-corrected chi connectivity index (χ2v) is 5.50. The molecular weight excluding hydrogens is 298 g/mol. The molecule has 0 aliphatic heterocycles. The largest absolute Gasteiger partial charge is 0.463 e. The van der Waals surface area contributed by atoms with Gasteiger partial charge >= 0.3 is 0 Å². The number of H-pyrrole nitrogens is 1. The van der Waals surface area contributed by atoms with Crippen LogP contribution in [0.2, 0.25) is 0 Å². The van der Waals surface area contributed by atoms with Crippen molar-refractivity contribution in [2.75, 3.05) is 6.54 Å². The lowest BCUT2D eigenvalue weighted by Crippen LogP contribution is -2.38. The normalized spacial score (nSPS) is 13.7. The van der Waals surface area contributed by atoms with Crippen LogP contribution < -0.4 is 5.32 Å². The van der Waals surface area contributed by atoms with E-state index in [2.05, 4.69) is 20.6 Å². The first kappa shape index (κ1) is 15.0. The monoisotopic (exact) mass is 315 g/mol. The summed E-state index contributed by atoms with van der Waals surface area (Å²) < 4.78 is 6.83. The van der Waals surface area contributed by atoms with E-state index < -0.39 is 5.60 Å². The first-order valence-electron chi connectivity index (χ1n) is 7.05. The highest BCUT2D eigenvalue weighted by Gasteiger charge is 2.26. The molecule has 0 aromatic carbocycles. The lowest BCUT2D eigenvalue weighted by atomic mass is 10.00. The Bertz CT molecular complexity index is 801. The summed E-state index contributed by atoms with van der Waals surface area (Å²) in [5.41, 5.74) is 0.237. The quantitative estimate of drug-likeness (QED) is 0.652. The number of hydrogen-bond donors (Lipinski definition) is 3. The Labute approximate surface area is 132 Å². The van der Waals surface area contributed by atoms with Gasteiger partial charge in [0.15, 0.2) is 11.5 Å². The van der Waals surface area contributed by atoms with Crippen molar-refractivity contribution in [2.45, 2.75) is 12.5 Å². The minimum Gasteiger partial charge on any atom is -0.463 e. The number of amides is 1. The lowest BCUT2D eigenvalue weighted by molar-refractivity contribution is 0.0524. The van der Waals surface area contributed by atoms with Gasteiger partial charge in [0.1, 0.15) is 11.3 Å². The fourth-order valence-corrected chi connectivity index (χ4v) is 2.14. The van der Waals surface area contributed by atoms with Gasteiger partial charge in [0.2, 0.25) is 0 Å². The van der Waals surface area contributed by atoms with Crippen molar-refractivity contribution < 1.29 is 14.3 Å². The van der Waals surface area contributed by atoms with E-state index in [-0.39, 0.29) is 18.1 Å². The maximum absolute atomic E-state index is 12.2. The van der Waals surface area contributed by atoms with E-state index >= 15 is 0 Å². The van der Waals surface area contributed by atoms with Crippen LogP contribution in [0.4, 0.5) is 0 Å². The zero-order valence-electron chi connectivity index (χ0n) is 12.8. The van der Waals surface area contributed by atoms with Crippen LogP contribution in [0, 0.1) is 0 Å². The van der Waals surface area contributed by atoms with E-state index in [9.17, 15) is 9.90 Å². The number of aryl methyl sites for hydroxylation is 1. The molecule has 3 aromatic heterocycles. The number of aromatic nitrogens is 4. The van der Waals surface area contributed by atoms with Gasteiger partial charge in [-0.1, -0.05) is 0 Å². The van der Waals surface area contributed by atoms with Crippen molar-refractivity contribution in [1.82, 2.24) is 25.3 Å². The summed E-state index contributed by atoms with van der Waals surface area (Å²) in [7, 11) is 1.76. The smallest absolute Gasteiger partial charge is 0.271 e. The highest BCUT2D eigenvalue weighted by atomic mass is 16.3. The number of aromatic amines is 1. The average molecular weight is 315 g/mol. The van der Waals surface area contributed by atoms with Crippen LogP contribution in [0.15, 0.2) is 41.3 Å². The minimum atomic E-state index is -1.22. The Morgan fingerprint density at radius 3 is 3.04 bits per heavy atom. The Morgan fingerprint density at radius 2 is 2.39 bits per heavy atom. The number of carbonyl (C=O) groups is 1. The molecule has 0 aliphatic carbocycles. The van der Waals surface area contributed by atoms with Crippen LogP contribution in [-0.2, 0) is 12.6 Å². The third-order valence-corrected chi connectivity index (χ3v) is 3.52. The van der Waals surface area contributed by atoms with Gasteiger partial charge in [-0.15, -0.1) is 0 Å². The van der Waals surface area contributed by atoms with Crippen molar-refractivity contribution >= 4 is 5.91 Å². The molecule has 8 heteroatoms. The molecule has 0 saturated heterocycles. The van der Waals surface area contributed by atoms with Crippen LogP contribution in [0.3, 0.4) is 0 Å². The highest BCUT2D eigenvalue weighted by Crippen LogP contribution is 2.20. The number of aliphatic hydroxyl groups is 1. The molecule has 0 radical (unpaired) electrons. The Balaban J connectivity index is 1.65. The van der Waals surface area contributed by atoms with Crippen LogP contribution >= 0.6 is 0 Å². The van der Waals surface area contributed by atoms with E-state index in [0.29, 0.717) is 17.0 Å². The third kappa shape index (κ3) is 3.16. The molecule has 0 aliphatic rings. The van der Waals surface area contributed by atoms with E-state index in [4.69, 9.17) is 4.42 Å². The molecule has 120 valence electrons. The van der Waals surface area contributed by atoms with Crippen molar-refractivity contribution in [3.05, 3.63) is 48.1 Å². The van der Waals surface area contributed by atoms with E-state index in [1.54, 1.807) is 55.5 Å². The summed E-state index contributed by atoms with van der Waals surface area (Å²) >= 11 is 0. The van der Waals surface area contributed by atoms with Gasteiger partial charge in [0, 0.05) is 24.9 Å². The Hall–Kier alpha value is -2.87. The number of hydrogen-bond acceptors (Lipinski definition) is 5. The van der Waals surface area contributed by atoms with Crippen LogP contribution in [-0.4, -0.2) is 37.5 Å². The lowest BCUT2D eigenvalue weighted by Gasteiger charge is -2.21. The van der Waals surface area contributed by atoms with E-state index in [1.165, 1.54) is 0 Å². The Morgan fingerprint density at radius 1 is 1.57 bits per heavy atom. The second-order valence-electron chi connectivity index (χ2n) is 5.50. The second kappa shape index (κ2) is 5.73. The summed E-state index contributed by atoms with van der Waals surface area (Å²) in [5.74, 6) is 0.210. The topological polar surface area (TPSA) is 109 Å². The van der Waals surface area contributed by atoms with Gasteiger partial charge in [-0.3, -0.25) is 14.6 Å². The number of nitrogens with one attached hydrogen (secondary N) is 2. The molecule has 23 heavy (non-hydrogen) atoms. The van der Waals surface area contributed by atoms with Crippen molar-refractivity contribution in [3.63, 3.8) is 0 Å². The fraction of sp³-hybridized carbons (Fsp3) is 0.267. The molecule has 3 aromatic rings. The average Bonchev–Trinajstić information content (AvgIpc) is 3.24. The molecule has 0 saturated carbocycles. The summed E-state index contributed by atoms with van der Waals surface area (Å²) in [6.07, 6.45) is 4.81. The molecule has 0 spiro atoms. The molecule has 3 heterocycles. The fourth-order valence-electron chi connectivity index (χ4n) is 2.14. The molecule has 0 fully saturated rings. The van der Waals surface area contributed by atoms with Crippen LogP contribution in [0.1, 0.15) is 23.0 Å². The van der Waals surface area contributed by atoms with Crippen molar-refractivity contribution in [1.29, 1.82) is 0 Å². The highest BCUT2D eigenvalue weighted by molar-refractivity contribution is 5.93. The zero-order chi connectivity index (χ0) is 16.4. The maximum atomic E-state index is 12.2. The molecule has 1 amide bonds. The number of carbonyl (C=O) groups excluding carboxylic acids is 1. The van der Waals surface area contributed by atoms with Crippen LogP contribution in [0.25, 0.3) is 11.5 Å². The zero-order valence-corrected chi connectivity index (χ0v) is 12.8. The molecule has 3 N–H and O–H groups in total. The van der Waals surface area contributed by atoms with E-state index in [1.807, 2.05) is 0 Å². The van der Waals surface area contributed by atoms with Gasteiger partial charge in [0.25, 0.3) is 5.91 Å². The van der Waals surface area contributed by atoms with Gasteiger partial charge in [-0.2, -0.15) is 10.2 Å². The SMILES string of the molecule is Cn1cc(C(C)(O)CNC(=O)c2cc(-c3ccco3)[nH]n2)cn1. The van der Waals surface area contributed by atoms with Gasteiger partial charge in [-0.25, -0.2) is 0 Å². The predicted molar refractivity (Wildman–Crippen MR) is 81.4 cm³/mol. The first-order valence-corrected chi connectivity index (χ1v) is 7.05. The van der Waals surface area contributed by atoms with Gasteiger partial charge in [-0.05, 0) is 19.1 Å². The van der Waals surface area contributed by atoms with Crippen molar-refractivity contribution in [3.8, 4) is 11.5 Å². The molecule has 1 atom stereocenters. The summed E-state index contributed by atoms with van der Waals surface area (Å²) in [6, 6.07) is 5.11. The minimum absolute atomic E-state index is 0.0421.